The van der Waals surface area contributed by atoms with Crippen molar-refractivity contribution >= 4 is 24.0 Å². The van der Waals surface area contributed by atoms with Crippen LogP contribution in [0.4, 0.5) is 14.5 Å². The number of carbonyl (C=O) groups excluding carboxylic acids is 1. The summed E-state index contributed by atoms with van der Waals surface area (Å²) in [7, 11) is 0. The molecule has 2 rings (SSSR count). The van der Waals surface area contributed by atoms with Crippen LogP contribution in [0.1, 0.15) is 12.8 Å². The summed E-state index contributed by atoms with van der Waals surface area (Å²) in [5.74, 6) is -1.94. The van der Waals surface area contributed by atoms with Crippen LogP contribution in [0.2, 0.25) is 0 Å². The Kier molecular flexibility index (Phi) is 6.32. The van der Waals surface area contributed by atoms with Crippen molar-refractivity contribution in [3.05, 3.63) is 29.8 Å². The van der Waals surface area contributed by atoms with Crippen molar-refractivity contribution in [2.24, 2.45) is 11.7 Å². The summed E-state index contributed by atoms with van der Waals surface area (Å²) in [6, 6.07) is 2.27. The molecule has 0 spiro atoms. The van der Waals surface area contributed by atoms with Gasteiger partial charge in [-0.05, 0) is 30.9 Å². The van der Waals surface area contributed by atoms with Crippen LogP contribution in [-0.2, 0) is 9.53 Å². The molecule has 3 N–H and O–H groups in total. The highest BCUT2D eigenvalue weighted by atomic mass is 35.5. The van der Waals surface area contributed by atoms with E-state index in [1.165, 1.54) is 6.07 Å². The number of anilines is 1. The van der Waals surface area contributed by atoms with Crippen molar-refractivity contribution < 1.29 is 18.3 Å². The molecule has 4 nitrogen and oxygen atoms in total. The number of halogens is 3. The van der Waals surface area contributed by atoms with Crippen molar-refractivity contribution in [2.75, 3.05) is 18.5 Å². The number of carbonyl (C=O) groups is 1. The summed E-state index contributed by atoms with van der Waals surface area (Å²) in [6.07, 6.45) is 1.42. The molecule has 1 aromatic rings. The maximum Gasteiger partial charge on any atom is 0.241 e. The van der Waals surface area contributed by atoms with Crippen molar-refractivity contribution in [1.29, 1.82) is 0 Å². The number of hydrogen-bond acceptors (Lipinski definition) is 3. The second-order valence-corrected chi connectivity index (χ2v) is 4.59. The van der Waals surface area contributed by atoms with E-state index in [0.29, 0.717) is 26.1 Å². The van der Waals surface area contributed by atoms with Crippen LogP contribution in [0.25, 0.3) is 0 Å². The van der Waals surface area contributed by atoms with Crippen molar-refractivity contribution in [2.45, 2.75) is 18.9 Å². The van der Waals surface area contributed by atoms with Gasteiger partial charge in [-0.2, -0.15) is 0 Å². The van der Waals surface area contributed by atoms with Crippen LogP contribution in [0.5, 0.6) is 0 Å². The van der Waals surface area contributed by atoms with E-state index in [0.717, 1.165) is 12.1 Å². The maximum atomic E-state index is 13.4. The van der Waals surface area contributed by atoms with E-state index in [1.807, 2.05) is 0 Å². The summed E-state index contributed by atoms with van der Waals surface area (Å²) >= 11 is 0. The van der Waals surface area contributed by atoms with Crippen LogP contribution in [0.3, 0.4) is 0 Å². The first-order valence-electron chi connectivity index (χ1n) is 6.17. The Morgan fingerprint density at radius 3 is 2.60 bits per heavy atom. The highest BCUT2D eigenvalue weighted by Crippen LogP contribution is 2.20. The van der Waals surface area contributed by atoms with E-state index in [2.05, 4.69) is 5.32 Å². The Morgan fingerprint density at radius 1 is 1.35 bits per heavy atom. The monoisotopic (exact) mass is 306 g/mol. The zero-order chi connectivity index (χ0) is 13.8. The number of amides is 1. The smallest absolute Gasteiger partial charge is 0.241 e. The molecule has 7 heteroatoms. The van der Waals surface area contributed by atoms with Gasteiger partial charge in [-0.1, -0.05) is 0 Å². The van der Waals surface area contributed by atoms with Gasteiger partial charge in [-0.3, -0.25) is 4.79 Å². The predicted molar refractivity (Wildman–Crippen MR) is 73.8 cm³/mol. The standard InChI is InChI=1S/C13H16F2N2O2.ClH/c14-9-1-2-11(10(15)7-9)17-13(18)12(16)8-3-5-19-6-4-8;/h1-2,7-8,12H,3-6,16H2,(H,17,18);1H. The quantitative estimate of drug-likeness (QED) is 0.898. The fourth-order valence-corrected chi connectivity index (χ4v) is 2.10. The van der Waals surface area contributed by atoms with Gasteiger partial charge in [0.15, 0.2) is 0 Å². The second-order valence-electron chi connectivity index (χ2n) is 4.59. The van der Waals surface area contributed by atoms with Crippen LogP contribution in [0, 0.1) is 17.6 Å². The number of nitrogens with two attached hydrogens (primary N) is 1. The molecular formula is C13H17ClF2N2O2. The Morgan fingerprint density at radius 2 is 2.00 bits per heavy atom. The Bertz CT molecular complexity index is 468. The molecule has 0 radical (unpaired) electrons. The van der Waals surface area contributed by atoms with Crippen molar-refractivity contribution in [3.63, 3.8) is 0 Å². The molecule has 1 aromatic carbocycles. The summed E-state index contributed by atoms with van der Waals surface area (Å²) in [6.45, 7) is 1.16. The van der Waals surface area contributed by atoms with Crippen molar-refractivity contribution in [3.8, 4) is 0 Å². The molecule has 1 amide bonds. The molecule has 1 fully saturated rings. The predicted octanol–water partition coefficient (Wildman–Crippen LogP) is 2.08. The zero-order valence-electron chi connectivity index (χ0n) is 10.8. The number of benzene rings is 1. The van der Waals surface area contributed by atoms with Gasteiger partial charge >= 0.3 is 0 Å². The van der Waals surface area contributed by atoms with E-state index in [9.17, 15) is 13.6 Å². The molecule has 0 bridgehead atoms. The minimum Gasteiger partial charge on any atom is -0.381 e. The first-order chi connectivity index (χ1) is 9.08. The van der Waals surface area contributed by atoms with E-state index in [1.54, 1.807) is 0 Å². The summed E-state index contributed by atoms with van der Waals surface area (Å²) in [5, 5.41) is 2.39. The Labute approximate surface area is 122 Å². The molecule has 1 saturated heterocycles. The highest BCUT2D eigenvalue weighted by molar-refractivity contribution is 5.95. The lowest BCUT2D eigenvalue weighted by Gasteiger charge is -2.26. The minimum atomic E-state index is -0.812. The lowest BCUT2D eigenvalue weighted by atomic mass is 9.92. The fourth-order valence-electron chi connectivity index (χ4n) is 2.10. The van der Waals surface area contributed by atoms with E-state index in [-0.39, 0.29) is 24.0 Å². The average Bonchev–Trinajstić information content (AvgIpc) is 2.42. The van der Waals surface area contributed by atoms with Gasteiger partial charge in [0.2, 0.25) is 5.91 Å². The van der Waals surface area contributed by atoms with Crippen LogP contribution >= 0.6 is 12.4 Å². The summed E-state index contributed by atoms with van der Waals surface area (Å²) in [4.78, 5) is 11.9. The normalized spacial score (nSPS) is 17.1. The number of ether oxygens (including phenoxy) is 1. The first-order valence-corrected chi connectivity index (χ1v) is 6.17. The maximum absolute atomic E-state index is 13.4. The van der Waals surface area contributed by atoms with Gasteiger partial charge in [0.1, 0.15) is 11.6 Å². The van der Waals surface area contributed by atoms with Crippen LogP contribution < -0.4 is 11.1 Å². The number of rotatable bonds is 3. The average molecular weight is 307 g/mol. The zero-order valence-corrected chi connectivity index (χ0v) is 11.6. The van der Waals surface area contributed by atoms with Crippen LogP contribution in [0.15, 0.2) is 18.2 Å². The van der Waals surface area contributed by atoms with Gasteiger partial charge in [0.25, 0.3) is 0 Å². The van der Waals surface area contributed by atoms with Gasteiger partial charge in [-0.15, -0.1) is 12.4 Å². The second kappa shape index (κ2) is 7.52. The van der Waals surface area contributed by atoms with Gasteiger partial charge in [-0.25, -0.2) is 8.78 Å². The topological polar surface area (TPSA) is 64.4 Å². The van der Waals surface area contributed by atoms with Gasteiger partial charge < -0.3 is 15.8 Å². The molecule has 1 unspecified atom stereocenters. The lowest BCUT2D eigenvalue weighted by Crippen LogP contribution is -2.44. The molecule has 0 saturated carbocycles. The van der Waals surface area contributed by atoms with Crippen molar-refractivity contribution in [1.82, 2.24) is 0 Å². The van der Waals surface area contributed by atoms with Gasteiger partial charge in [0.05, 0.1) is 11.7 Å². The molecule has 0 aliphatic carbocycles. The van der Waals surface area contributed by atoms with E-state index >= 15 is 0 Å². The minimum absolute atomic E-state index is 0. The van der Waals surface area contributed by atoms with Gasteiger partial charge in [0, 0.05) is 19.3 Å². The molecule has 1 aliphatic heterocycles. The molecule has 0 aromatic heterocycles. The SMILES string of the molecule is Cl.NC(C(=O)Nc1ccc(F)cc1F)C1CCOCC1. The molecule has 112 valence electrons. The first kappa shape index (κ1) is 16.8. The summed E-state index contributed by atoms with van der Waals surface area (Å²) < 4.78 is 31.3. The molecule has 1 atom stereocenters. The number of nitrogens with one attached hydrogen (secondary N) is 1. The van der Waals surface area contributed by atoms with Crippen LogP contribution in [-0.4, -0.2) is 25.2 Å². The molecule has 1 heterocycles. The molecular weight excluding hydrogens is 290 g/mol. The third-order valence-corrected chi connectivity index (χ3v) is 3.27. The third kappa shape index (κ3) is 4.13. The Hall–Kier alpha value is -1.24. The van der Waals surface area contributed by atoms with E-state index < -0.39 is 23.6 Å². The lowest BCUT2D eigenvalue weighted by molar-refractivity contribution is -0.119. The highest BCUT2D eigenvalue weighted by Gasteiger charge is 2.27. The fraction of sp³-hybridized carbons (Fsp3) is 0.462. The molecule has 20 heavy (non-hydrogen) atoms. The largest absolute Gasteiger partial charge is 0.381 e. The number of hydrogen-bond donors (Lipinski definition) is 2. The molecule has 1 aliphatic rings. The van der Waals surface area contributed by atoms with E-state index in [4.69, 9.17) is 10.5 Å². The third-order valence-electron chi connectivity index (χ3n) is 3.27. The Balaban J connectivity index is 0.00000200. The summed E-state index contributed by atoms with van der Waals surface area (Å²) in [5.41, 5.74) is 5.79.